The number of hydrogen-bond donors (Lipinski definition) is 3. The Morgan fingerprint density at radius 3 is 2.58 bits per heavy atom. The third kappa shape index (κ3) is 7.00. The number of hydrogen-bond acceptors (Lipinski definition) is 5. The van der Waals surface area contributed by atoms with E-state index in [1.54, 1.807) is 5.41 Å². The third-order valence-corrected chi connectivity index (χ3v) is 5.03. The Hall–Kier alpha value is -1.53. The maximum Gasteiger partial charge on any atom is 0.328 e. The first-order valence-electron chi connectivity index (χ1n) is 9.16. The van der Waals surface area contributed by atoms with Crippen molar-refractivity contribution in [3.8, 4) is 0 Å². The average molecular weight is 381 g/mol. The lowest BCUT2D eigenvalue weighted by atomic mass is 9.97. The summed E-state index contributed by atoms with van der Waals surface area (Å²) in [7, 11) is 0. The normalized spacial score (nSPS) is 20.0. The van der Waals surface area contributed by atoms with Gasteiger partial charge < -0.3 is 15.4 Å². The van der Waals surface area contributed by atoms with Gasteiger partial charge in [-0.2, -0.15) is 12.6 Å². The highest BCUT2D eigenvalue weighted by atomic mass is 32.1. The number of thiol groups is 1. The molecule has 146 valence electrons. The first-order chi connectivity index (χ1) is 12.3. The fourth-order valence-corrected chi connectivity index (χ4v) is 2.66. The molecule has 1 aliphatic rings. The van der Waals surface area contributed by atoms with E-state index in [9.17, 15) is 9.59 Å². The largest absolute Gasteiger partial charge is 0.464 e. The Morgan fingerprint density at radius 2 is 2.08 bits per heavy atom. The number of nitrogens with one attached hydrogen (secondary N) is 2. The molecule has 2 unspecified atom stereocenters. The van der Waals surface area contributed by atoms with Gasteiger partial charge in [-0.15, -0.1) is 0 Å². The first-order valence-corrected chi connectivity index (χ1v) is 9.68. The summed E-state index contributed by atoms with van der Waals surface area (Å²) in [4.78, 5) is 24.2. The molecule has 0 bridgehead atoms. The van der Waals surface area contributed by atoms with Gasteiger partial charge in [0.15, 0.2) is 0 Å². The Balaban J connectivity index is 2.85. The van der Waals surface area contributed by atoms with Crippen LogP contribution in [0, 0.1) is 5.92 Å². The van der Waals surface area contributed by atoms with Crippen LogP contribution in [0.3, 0.4) is 0 Å². The second-order valence-electron chi connectivity index (χ2n) is 7.02. The average Bonchev–Trinajstić information content (AvgIpc) is 3.01. The van der Waals surface area contributed by atoms with Gasteiger partial charge in [0.1, 0.15) is 6.04 Å². The topological polar surface area (TPSA) is 67.4 Å². The molecule has 1 heterocycles. The van der Waals surface area contributed by atoms with Gasteiger partial charge in [0.2, 0.25) is 0 Å². The molecule has 0 aromatic rings. The third-order valence-electron chi connectivity index (χ3n) is 4.59. The molecule has 3 atom stereocenters. The highest BCUT2D eigenvalue weighted by molar-refractivity contribution is 7.83. The van der Waals surface area contributed by atoms with E-state index < -0.39 is 6.04 Å². The van der Waals surface area contributed by atoms with E-state index in [0.29, 0.717) is 24.5 Å². The molecular weight excluding hydrogens is 348 g/mol. The summed E-state index contributed by atoms with van der Waals surface area (Å²) in [5, 5.41) is 8.07. The summed E-state index contributed by atoms with van der Waals surface area (Å²) >= 11 is 4.18. The minimum atomic E-state index is -0.545. The number of carbonyl (C=O) groups is 2. The molecule has 0 radical (unpaired) electrons. The predicted molar refractivity (Wildman–Crippen MR) is 109 cm³/mol. The minimum Gasteiger partial charge on any atom is -0.464 e. The van der Waals surface area contributed by atoms with Gasteiger partial charge >= 0.3 is 5.97 Å². The monoisotopic (exact) mass is 380 g/mol. The standard InChI is InChI=1S/C20H32N2O3S/c1-6-15(5)17(21-11-14(4)12-26)8-7-16(13(2)3)19(23)22-18-9-10-25-20(18)24/h7-8,12,15,17-18,21,26H,6,9-11H2,1-5H3,(H,22,23)/b8-7+,14-12+/t15-,17?,18?/m0/s1. The summed E-state index contributed by atoms with van der Waals surface area (Å²) in [6.07, 6.45) is 5.44. The molecule has 1 fully saturated rings. The van der Waals surface area contributed by atoms with Crippen LogP contribution in [0.15, 0.2) is 34.3 Å². The number of esters is 1. The molecule has 1 rings (SSSR count). The van der Waals surface area contributed by atoms with Crippen molar-refractivity contribution < 1.29 is 14.3 Å². The quantitative estimate of drug-likeness (QED) is 0.249. The molecule has 26 heavy (non-hydrogen) atoms. The lowest BCUT2D eigenvalue weighted by Gasteiger charge is -2.22. The highest BCUT2D eigenvalue weighted by Gasteiger charge is 2.28. The van der Waals surface area contributed by atoms with E-state index in [1.165, 1.54) is 0 Å². The molecule has 2 N–H and O–H groups in total. The second kappa shape index (κ2) is 11.2. The van der Waals surface area contributed by atoms with Crippen molar-refractivity contribution >= 4 is 24.5 Å². The Bertz CT molecular complexity index is 592. The van der Waals surface area contributed by atoms with Crippen LogP contribution in [-0.2, 0) is 14.3 Å². The second-order valence-corrected chi connectivity index (χ2v) is 7.28. The first kappa shape index (κ1) is 22.5. The number of amides is 1. The molecule has 1 saturated heterocycles. The molecular formula is C20H32N2O3S. The predicted octanol–water partition coefficient (Wildman–Crippen LogP) is 3.15. The summed E-state index contributed by atoms with van der Waals surface area (Å²) in [6.45, 7) is 11.2. The van der Waals surface area contributed by atoms with Crippen LogP contribution in [-0.4, -0.2) is 37.1 Å². The molecule has 0 aromatic heterocycles. The Kier molecular flexibility index (Phi) is 9.73. The van der Waals surface area contributed by atoms with E-state index in [-0.39, 0.29) is 17.9 Å². The van der Waals surface area contributed by atoms with Crippen LogP contribution < -0.4 is 10.6 Å². The summed E-state index contributed by atoms with van der Waals surface area (Å²) in [5.74, 6) is -0.173. The van der Waals surface area contributed by atoms with Gasteiger partial charge in [-0.3, -0.25) is 4.79 Å². The van der Waals surface area contributed by atoms with Crippen LogP contribution in [0.5, 0.6) is 0 Å². The highest BCUT2D eigenvalue weighted by Crippen LogP contribution is 2.14. The molecule has 0 spiro atoms. The lowest BCUT2D eigenvalue weighted by Crippen LogP contribution is -2.39. The van der Waals surface area contributed by atoms with Crippen molar-refractivity contribution in [3.05, 3.63) is 34.3 Å². The molecule has 0 saturated carbocycles. The molecule has 6 heteroatoms. The fraction of sp³-hybridized carbons (Fsp3) is 0.600. The smallest absolute Gasteiger partial charge is 0.328 e. The molecule has 0 aliphatic carbocycles. The van der Waals surface area contributed by atoms with Crippen LogP contribution in [0.2, 0.25) is 0 Å². The zero-order valence-electron chi connectivity index (χ0n) is 16.5. The lowest BCUT2D eigenvalue weighted by molar-refractivity contribution is -0.141. The van der Waals surface area contributed by atoms with Crippen LogP contribution >= 0.6 is 12.6 Å². The molecule has 1 amide bonds. The summed E-state index contributed by atoms with van der Waals surface area (Å²) in [6, 6.07) is -0.404. The van der Waals surface area contributed by atoms with Gasteiger partial charge in [0, 0.05) is 24.6 Å². The van der Waals surface area contributed by atoms with Crippen molar-refractivity contribution in [2.45, 2.75) is 59.5 Å². The maximum atomic E-state index is 12.6. The van der Waals surface area contributed by atoms with E-state index in [2.05, 4.69) is 37.1 Å². The van der Waals surface area contributed by atoms with Gasteiger partial charge in [0.05, 0.1) is 6.61 Å². The Morgan fingerprint density at radius 1 is 1.38 bits per heavy atom. The zero-order valence-corrected chi connectivity index (χ0v) is 17.4. The van der Waals surface area contributed by atoms with Crippen molar-refractivity contribution in [2.24, 2.45) is 5.92 Å². The molecule has 1 aliphatic heterocycles. The van der Waals surface area contributed by atoms with Crippen molar-refractivity contribution in [1.82, 2.24) is 10.6 Å². The number of cyclic esters (lactones) is 1. The van der Waals surface area contributed by atoms with Crippen molar-refractivity contribution in [2.75, 3.05) is 13.2 Å². The van der Waals surface area contributed by atoms with Gasteiger partial charge in [-0.25, -0.2) is 4.79 Å². The van der Waals surface area contributed by atoms with Crippen LogP contribution in [0.4, 0.5) is 0 Å². The van der Waals surface area contributed by atoms with Crippen molar-refractivity contribution in [1.29, 1.82) is 0 Å². The zero-order chi connectivity index (χ0) is 19.7. The van der Waals surface area contributed by atoms with E-state index in [4.69, 9.17) is 4.74 Å². The number of ether oxygens (including phenoxy) is 1. The van der Waals surface area contributed by atoms with Crippen LogP contribution in [0.25, 0.3) is 0 Å². The SMILES string of the molecule is CC[C@H](C)C(/C=C/C(C(=O)NC1CCOC1=O)=C(C)C)NC/C(C)=C/S. The van der Waals surface area contributed by atoms with E-state index in [0.717, 1.165) is 24.1 Å². The number of carbonyl (C=O) groups excluding carboxylic acids is 2. The van der Waals surface area contributed by atoms with Crippen LogP contribution in [0.1, 0.15) is 47.5 Å². The minimum absolute atomic E-state index is 0.141. The van der Waals surface area contributed by atoms with Crippen molar-refractivity contribution in [3.63, 3.8) is 0 Å². The number of allylic oxidation sites excluding steroid dienone is 1. The van der Waals surface area contributed by atoms with E-state index in [1.807, 2.05) is 32.9 Å². The fourth-order valence-electron chi connectivity index (χ4n) is 2.57. The van der Waals surface area contributed by atoms with Gasteiger partial charge in [-0.1, -0.05) is 43.6 Å². The molecule has 5 nitrogen and oxygen atoms in total. The van der Waals surface area contributed by atoms with E-state index >= 15 is 0 Å². The maximum absolute atomic E-state index is 12.6. The summed E-state index contributed by atoms with van der Waals surface area (Å²) < 4.78 is 4.91. The van der Waals surface area contributed by atoms with Gasteiger partial charge in [0.25, 0.3) is 5.91 Å². The Labute approximate surface area is 162 Å². The number of rotatable bonds is 9. The van der Waals surface area contributed by atoms with Gasteiger partial charge in [-0.05, 0) is 32.1 Å². The molecule has 0 aromatic carbocycles. The summed E-state index contributed by atoms with van der Waals surface area (Å²) in [5.41, 5.74) is 2.63.